The van der Waals surface area contributed by atoms with Crippen molar-refractivity contribution in [2.45, 2.75) is 31.4 Å². The zero-order valence-electron chi connectivity index (χ0n) is 19.8. The molecule has 2 N–H and O–H groups in total. The van der Waals surface area contributed by atoms with E-state index >= 15 is 0 Å². The Hall–Kier alpha value is -3.21. The molecule has 3 atom stereocenters. The number of rotatable bonds is 4. The lowest BCUT2D eigenvalue weighted by molar-refractivity contribution is -0.134. The molecule has 0 bridgehead atoms. The van der Waals surface area contributed by atoms with Gasteiger partial charge in [-0.1, -0.05) is 12.1 Å². The van der Waals surface area contributed by atoms with Crippen LogP contribution in [0.2, 0.25) is 0 Å². The number of alkyl halides is 1. The maximum absolute atomic E-state index is 14.6. The summed E-state index contributed by atoms with van der Waals surface area (Å²) >= 11 is 0. The van der Waals surface area contributed by atoms with E-state index in [1.165, 1.54) is 0 Å². The summed E-state index contributed by atoms with van der Waals surface area (Å²) in [6.07, 6.45) is -0.867. The highest BCUT2D eigenvalue weighted by Crippen LogP contribution is 2.35. The number of imide groups is 1. The number of piperazine rings is 1. The molecule has 3 amide bonds. The van der Waals surface area contributed by atoms with Gasteiger partial charge in [-0.2, -0.15) is 5.10 Å². The Morgan fingerprint density at radius 1 is 1.17 bits per heavy atom. The van der Waals surface area contributed by atoms with Gasteiger partial charge in [-0.3, -0.25) is 24.5 Å². The zero-order chi connectivity index (χ0) is 24.7. The molecule has 1 unspecified atom stereocenters. The number of nitrogens with one attached hydrogen (secondary N) is 1. The lowest BCUT2D eigenvalue weighted by Gasteiger charge is -2.40. The Bertz CT molecular complexity index is 1140. The molecule has 0 aliphatic carbocycles. The average Bonchev–Trinajstić information content (AvgIpc) is 3.17. The number of benzene rings is 1. The molecular weight excluding hydrogens is 455 g/mol. The largest absolute Gasteiger partial charge is 0.465 e. The van der Waals surface area contributed by atoms with Gasteiger partial charge >= 0.3 is 6.09 Å². The highest BCUT2D eigenvalue weighted by Gasteiger charge is 2.34. The van der Waals surface area contributed by atoms with Crippen LogP contribution in [0.5, 0.6) is 0 Å². The molecule has 1 aromatic heterocycles. The first kappa shape index (κ1) is 23.5. The molecule has 4 heterocycles. The Morgan fingerprint density at radius 3 is 2.63 bits per heavy atom. The molecule has 11 heteroatoms. The highest BCUT2D eigenvalue weighted by atomic mass is 19.1. The molecule has 3 saturated heterocycles. The minimum atomic E-state index is -1.13. The average molecular weight is 487 g/mol. The Labute approximate surface area is 202 Å². The fourth-order valence-corrected chi connectivity index (χ4v) is 5.65. The van der Waals surface area contributed by atoms with Gasteiger partial charge in [0.25, 0.3) is 0 Å². The van der Waals surface area contributed by atoms with Gasteiger partial charge in [0, 0.05) is 64.0 Å². The number of carbonyl (C=O) groups is 3. The number of carbonyl (C=O) groups excluding carboxylic acids is 2. The van der Waals surface area contributed by atoms with E-state index in [4.69, 9.17) is 5.11 Å². The normalized spacial score (nSPS) is 26.3. The molecule has 3 aliphatic heterocycles. The predicted octanol–water partition coefficient (Wildman–Crippen LogP) is 1.55. The van der Waals surface area contributed by atoms with E-state index < -0.39 is 18.2 Å². The van der Waals surface area contributed by atoms with Gasteiger partial charge in [0.2, 0.25) is 11.8 Å². The summed E-state index contributed by atoms with van der Waals surface area (Å²) in [4.78, 5) is 40.9. The smallest absolute Gasteiger partial charge is 0.407 e. The van der Waals surface area contributed by atoms with Crippen LogP contribution in [-0.2, 0) is 16.6 Å². The summed E-state index contributed by atoms with van der Waals surface area (Å²) in [6.45, 7) is 4.13. The van der Waals surface area contributed by atoms with Gasteiger partial charge in [0.05, 0.1) is 29.4 Å². The summed E-state index contributed by atoms with van der Waals surface area (Å²) in [6, 6.07) is 6.02. The van der Waals surface area contributed by atoms with Gasteiger partial charge in [0.15, 0.2) is 0 Å². The van der Waals surface area contributed by atoms with E-state index in [0.29, 0.717) is 38.0 Å². The van der Waals surface area contributed by atoms with Crippen molar-refractivity contribution in [3.63, 3.8) is 0 Å². The van der Waals surface area contributed by atoms with E-state index in [2.05, 4.69) is 26.3 Å². The number of piperidine rings is 2. The van der Waals surface area contributed by atoms with Gasteiger partial charge in [0.1, 0.15) is 6.17 Å². The van der Waals surface area contributed by atoms with E-state index in [9.17, 15) is 18.8 Å². The molecule has 0 spiro atoms. The summed E-state index contributed by atoms with van der Waals surface area (Å²) in [5.41, 5.74) is 2.72. The molecule has 35 heavy (non-hydrogen) atoms. The van der Waals surface area contributed by atoms with Crippen molar-refractivity contribution >= 4 is 34.5 Å². The summed E-state index contributed by atoms with van der Waals surface area (Å²) in [7, 11) is 1.88. The second-order valence-electron chi connectivity index (χ2n) is 9.77. The molecule has 3 aliphatic rings. The molecule has 1 aromatic carbocycles. The third kappa shape index (κ3) is 4.56. The van der Waals surface area contributed by atoms with Crippen LogP contribution in [0.3, 0.4) is 0 Å². The second-order valence-corrected chi connectivity index (χ2v) is 9.77. The van der Waals surface area contributed by atoms with Crippen molar-refractivity contribution in [2.24, 2.45) is 13.0 Å². The topological polar surface area (TPSA) is 111 Å². The van der Waals surface area contributed by atoms with Crippen LogP contribution in [0.1, 0.15) is 30.9 Å². The van der Waals surface area contributed by atoms with Crippen molar-refractivity contribution < 1.29 is 23.9 Å². The Morgan fingerprint density at radius 2 is 1.94 bits per heavy atom. The van der Waals surface area contributed by atoms with Crippen molar-refractivity contribution in [3.8, 4) is 0 Å². The first-order valence-corrected chi connectivity index (χ1v) is 12.2. The number of hydrogen-bond acceptors (Lipinski definition) is 6. The van der Waals surface area contributed by atoms with Crippen LogP contribution in [0.15, 0.2) is 18.2 Å². The van der Waals surface area contributed by atoms with E-state index in [1.54, 1.807) is 0 Å². The molecule has 2 aromatic rings. The van der Waals surface area contributed by atoms with Crippen LogP contribution in [0, 0.1) is 5.92 Å². The zero-order valence-corrected chi connectivity index (χ0v) is 19.8. The minimum Gasteiger partial charge on any atom is -0.465 e. The van der Waals surface area contributed by atoms with Crippen LogP contribution in [0.4, 0.5) is 14.9 Å². The van der Waals surface area contributed by atoms with Crippen molar-refractivity contribution in [3.05, 3.63) is 23.9 Å². The van der Waals surface area contributed by atoms with E-state index in [0.717, 1.165) is 47.7 Å². The molecule has 0 saturated carbocycles. The van der Waals surface area contributed by atoms with Crippen LogP contribution < -0.4 is 10.2 Å². The number of nitrogens with zero attached hydrogens (tertiary/aromatic N) is 5. The standard InChI is InChI=1S/C24H31FN6O4/c1-28-22-16(21(27-28)17-5-6-20(32)26-23(17)33)3-2-4-19(22)30-11-9-29(10-12-30)13-15-7-8-31(24(34)35)14-18(15)25/h2-4,15,17-18H,5-14H2,1H3,(H,34,35)(H,26,32,33)/t15-,17?,18+/m0/s1. The molecule has 3 fully saturated rings. The van der Waals surface area contributed by atoms with Crippen LogP contribution in [0.25, 0.3) is 10.9 Å². The molecule has 0 radical (unpaired) electrons. The maximum Gasteiger partial charge on any atom is 0.407 e. The summed E-state index contributed by atoms with van der Waals surface area (Å²) < 4.78 is 16.4. The minimum absolute atomic E-state index is 0.0437. The molecular formula is C24H31FN6O4. The van der Waals surface area contributed by atoms with E-state index in [1.807, 2.05) is 23.9 Å². The lowest BCUT2D eigenvalue weighted by Crippen LogP contribution is -2.52. The van der Waals surface area contributed by atoms with Crippen molar-refractivity contribution in [1.29, 1.82) is 0 Å². The van der Waals surface area contributed by atoms with Gasteiger partial charge in [-0.15, -0.1) is 0 Å². The monoisotopic (exact) mass is 486 g/mol. The number of anilines is 1. The number of hydrogen-bond donors (Lipinski definition) is 2. The molecule has 5 rings (SSSR count). The third-order valence-electron chi connectivity index (χ3n) is 7.59. The number of carboxylic acid groups (broad SMARTS) is 1. The molecule has 10 nitrogen and oxygen atoms in total. The number of amides is 3. The van der Waals surface area contributed by atoms with Crippen LogP contribution >= 0.6 is 0 Å². The van der Waals surface area contributed by atoms with Crippen molar-refractivity contribution in [1.82, 2.24) is 24.9 Å². The maximum atomic E-state index is 14.6. The Balaban J connectivity index is 1.27. The fourth-order valence-electron chi connectivity index (χ4n) is 5.65. The van der Waals surface area contributed by atoms with Gasteiger partial charge < -0.3 is 14.9 Å². The number of likely N-dealkylation sites (tertiary alicyclic amines) is 1. The quantitative estimate of drug-likeness (QED) is 0.631. The second kappa shape index (κ2) is 9.44. The summed E-state index contributed by atoms with van der Waals surface area (Å²) in [5, 5.41) is 17.1. The SMILES string of the molecule is Cn1nc(C2CCC(=O)NC2=O)c2cccc(N3CCN(C[C@@H]4CCN(C(=O)O)C[C@H]4F)CC3)c21. The third-order valence-corrected chi connectivity index (χ3v) is 7.59. The number of para-hydroxylation sites is 1. The first-order chi connectivity index (χ1) is 16.8. The number of halogens is 1. The van der Waals surface area contributed by atoms with Gasteiger partial charge in [-0.05, 0) is 18.9 Å². The summed E-state index contributed by atoms with van der Waals surface area (Å²) in [5.74, 6) is -1.12. The Kier molecular flexibility index (Phi) is 6.35. The number of aryl methyl sites for hydroxylation is 1. The van der Waals surface area contributed by atoms with Crippen molar-refractivity contribution in [2.75, 3.05) is 50.7 Å². The van der Waals surface area contributed by atoms with E-state index in [-0.39, 0.29) is 24.3 Å². The highest BCUT2D eigenvalue weighted by molar-refractivity contribution is 6.03. The number of fused-ring (bicyclic) bond motifs is 1. The van der Waals surface area contributed by atoms with Crippen LogP contribution in [-0.4, -0.2) is 94.6 Å². The molecule has 188 valence electrons. The number of aromatic nitrogens is 2. The lowest BCUT2D eigenvalue weighted by atomic mass is 9.92. The van der Waals surface area contributed by atoms with Gasteiger partial charge in [-0.25, -0.2) is 9.18 Å². The predicted molar refractivity (Wildman–Crippen MR) is 127 cm³/mol. The first-order valence-electron chi connectivity index (χ1n) is 12.2. The fraction of sp³-hybridized carbons (Fsp3) is 0.583.